The molecule has 0 radical (unpaired) electrons. The van der Waals surface area contributed by atoms with Gasteiger partial charge in [0.25, 0.3) is 0 Å². The Bertz CT molecular complexity index is 1510. The summed E-state index contributed by atoms with van der Waals surface area (Å²) in [4.78, 5) is 23.9. The molecule has 0 aliphatic carbocycles. The summed E-state index contributed by atoms with van der Waals surface area (Å²) in [6.07, 6.45) is -1.23. The van der Waals surface area contributed by atoms with E-state index in [2.05, 4.69) is 25.6 Å². The normalized spacial score (nSPS) is 18.8. The first-order valence-corrected chi connectivity index (χ1v) is 12.8. The molecule has 2 fully saturated rings. The Labute approximate surface area is 226 Å². The van der Waals surface area contributed by atoms with Crippen molar-refractivity contribution in [1.82, 2.24) is 19.7 Å². The van der Waals surface area contributed by atoms with Crippen molar-refractivity contribution in [3.05, 3.63) is 60.3 Å². The van der Waals surface area contributed by atoms with Crippen molar-refractivity contribution in [2.75, 3.05) is 28.7 Å². The Balaban J connectivity index is 1.28. The van der Waals surface area contributed by atoms with Crippen LogP contribution in [0.5, 0.6) is 0 Å². The van der Waals surface area contributed by atoms with Gasteiger partial charge < -0.3 is 25.4 Å². The lowest BCUT2D eigenvalue weighted by Crippen LogP contribution is -2.46. The second kappa shape index (κ2) is 10.4. The van der Waals surface area contributed by atoms with Gasteiger partial charge in [0.05, 0.1) is 43.5 Å². The van der Waals surface area contributed by atoms with E-state index in [0.29, 0.717) is 41.4 Å². The van der Waals surface area contributed by atoms with Gasteiger partial charge in [0, 0.05) is 16.9 Å². The molecule has 0 saturated carbocycles. The van der Waals surface area contributed by atoms with Crippen molar-refractivity contribution < 1.29 is 27.8 Å². The van der Waals surface area contributed by atoms with Gasteiger partial charge in [-0.15, -0.1) is 0 Å². The fourth-order valence-corrected chi connectivity index (χ4v) is 5.22. The molecule has 2 aromatic heterocycles. The average Bonchev–Trinajstić information content (AvgIpc) is 3.44. The summed E-state index contributed by atoms with van der Waals surface area (Å²) in [6, 6.07) is 13.2. The number of urea groups is 1. The zero-order valence-corrected chi connectivity index (χ0v) is 21.2. The Kier molecular flexibility index (Phi) is 6.76. The molecular weight excluding hydrogens is 527 g/mol. The number of aliphatic hydroxyl groups excluding tert-OH is 1. The van der Waals surface area contributed by atoms with E-state index in [1.807, 2.05) is 0 Å². The molecule has 40 heavy (non-hydrogen) atoms. The highest BCUT2D eigenvalue weighted by atomic mass is 19.4. The van der Waals surface area contributed by atoms with Crippen LogP contribution in [0.4, 0.5) is 35.2 Å². The van der Waals surface area contributed by atoms with Crippen LogP contribution >= 0.6 is 0 Å². The average molecular weight is 554 g/mol. The number of benzene rings is 2. The highest BCUT2D eigenvalue weighted by molar-refractivity contribution is 5.99. The molecule has 2 amide bonds. The number of hydrogen-bond acceptors (Lipinski definition) is 7. The van der Waals surface area contributed by atoms with Gasteiger partial charge in [0.2, 0.25) is 0 Å². The predicted molar refractivity (Wildman–Crippen MR) is 142 cm³/mol. The van der Waals surface area contributed by atoms with E-state index >= 15 is 0 Å². The molecule has 10 nitrogen and oxygen atoms in total. The molecule has 2 aliphatic heterocycles. The van der Waals surface area contributed by atoms with Crippen LogP contribution in [0.15, 0.2) is 54.7 Å². The van der Waals surface area contributed by atoms with Crippen LogP contribution in [0, 0.1) is 0 Å². The number of hydrogen-bond donors (Lipinski definition) is 3. The van der Waals surface area contributed by atoms with Gasteiger partial charge in [-0.05, 0) is 54.8 Å². The largest absolute Gasteiger partial charge is 0.408 e. The minimum absolute atomic E-state index is 0.0839. The van der Waals surface area contributed by atoms with Crippen LogP contribution < -0.4 is 15.5 Å². The molecule has 0 spiro atoms. The van der Waals surface area contributed by atoms with Gasteiger partial charge in [-0.25, -0.2) is 19.4 Å². The number of anilines is 3. The number of aromatic nitrogens is 4. The summed E-state index contributed by atoms with van der Waals surface area (Å²) in [6.45, 7) is -0.289. The van der Waals surface area contributed by atoms with E-state index in [4.69, 9.17) is 14.8 Å². The van der Waals surface area contributed by atoms with Crippen LogP contribution in [0.2, 0.25) is 0 Å². The predicted octanol–water partition coefficient (Wildman–Crippen LogP) is 4.56. The lowest BCUT2D eigenvalue weighted by Gasteiger charge is -2.36. The molecule has 4 heterocycles. The number of ether oxygens (including phenoxy) is 1. The number of aliphatic hydroxyl groups is 1. The van der Waals surface area contributed by atoms with Crippen LogP contribution in [-0.2, 0) is 17.9 Å². The molecule has 6 rings (SSSR count). The maximum atomic E-state index is 13.3. The van der Waals surface area contributed by atoms with Crippen molar-refractivity contribution in [2.45, 2.75) is 44.3 Å². The third-order valence-electron chi connectivity index (χ3n) is 7.09. The summed E-state index contributed by atoms with van der Waals surface area (Å²) >= 11 is 0. The number of carbonyl (C=O) groups excluding carboxylic acids is 1. The molecule has 208 valence electrons. The van der Waals surface area contributed by atoms with Crippen molar-refractivity contribution in [1.29, 1.82) is 0 Å². The third kappa shape index (κ3) is 5.29. The molecule has 2 aromatic carbocycles. The number of rotatable bonds is 6. The van der Waals surface area contributed by atoms with Crippen LogP contribution in [-0.4, -0.2) is 62.4 Å². The molecule has 3 N–H and O–H groups in total. The molecule has 2 bridgehead atoms. The van der Waals surface area contributed by atoms with Crippen molar-refractivity contribution >= 4 is 34.3 Å². The zero-order chi connectivity index (χ0) is 27.9. The fraction of sp³-hybridized carbons (Fsp3) is 0.333. The summed E-state index contributed by atoms with van der Waals surface area (Å²) in [5, 5.41) is 19.1. The summed E-state index contributed by atoms with van der Waals surface area (Å²) < 4.78 is 46.5. The molecular formula is C27H26F3N7O3. The maximum absolute atomic E-state index is 13.3. The Morgan fingerprint density at radius 3 is 2.20 bits per heavy atom. The van der Waals surface area contributed by atoms with Crippen molar-refractivity contribution in [3.63, 3.8) is 0 Å². The highest BCUT2D eigenvalue weighted by Crippen LogP contribution is 2.38. The smallest absolute Gasteiger partial charge is 0.392 e. The number of alkyl halides is 3. The minimum atomic E-state index is -4.46. The maximum Gasteiger partial charge on any atom is 0.408 e. The van der Waals surface area contributed by atoms with Gasteiger partial charge in [0.1, 0.15) is 12.4 Å². The summed E-state index contributed by atoms with van der Waals surface area (Å²) in [5.41, 5.74) is 2.48. The second-order valence-electron chi connectivity index (χ2n) is 9.87. The quantitative estimate of drug-likeness (QED) is 0.321. The monoisotopic (exact) mass is 553 g/mol. The molecule has 4 aromatic rings. The first-order chi connectivity index (χ1) is 19.3. The van der Waals surface area contributed by atoms with E-state index in [-0.39, 0.29) is 30.2 Å². The number of amides is 2. The lowest BCUT2D eigenvalue weighted by atomic mass is 10.1. The standard InChI is InChI=1S/C27H26F3N7O3/c28-27(29,30)15-36-24-22(11-31-36)25(37-20-9-10-21(37)14-40-13-20)35-23(34-24)17-3-7-19(8-4-17)33-26(39)32-18-5-1-16(12-38)2-6-18/h1-8,11,20-21,38H,9-10,12-15H2,(H2,32,33,39). The minimum Gasteiger partial charge on any atom is -0.392 e. The molecule has 13 heteroatoms. The van der Waals surface area contributed by atoms with E-state index in [1.54, 1.807) is 48.5 Å². The molecule has 2 saturated heterocycles. The van der Waals surface area contributed by atoms with Crippen LogP contribution in [0.3, 0.4) is 0 Å². The van der Waals surface area contributed by atoms with Gasteiger partial charge in [0.15, 0.2) is 11.5 Å². The Morgan fingerprint density at radius 2 is 1.60 bits per heavy atom. The Morgan fingerprint density at radius 1 is 0.975 bits per heavy atom. The molecule has 2 atom stereocenters. The van der Waals surface area contributed by atoms with Crippen LogP contribution in [0.25, 0.3) is 22.4 Å². The second-order valence-corrected chi connectivity index (χ2v) is 9.87. The van der Waals surface area contributed by atoms with E-state index < -0.39 is 18.8 Å². The van der Waals surface area contributed by atoms with Crippen molar-refractivity contribution in [3.8, 4) is 11.4 Å². The number of fused-ring (bicyclic) bond motifs is 3. The number of halogens is 3. The molecule has 2 aliphatic rings. The number of morpholine rings is 1. The summed E-state index contributed by atoms with van der Waals surface area (Å²) in [7, 11) is 0. The topological polar surface area (TPSA) is 117 Å². The van der Waals surface area contributed by atoms with Gasteiger partial charge in [-0.3, -0.25) is 0 Å². The van der Waals surface area contributed by atoms with E-state index in [0.717, 1.165) is 23.1 Å². The fourth-order valence-electron chi connectivity index (χ4n) is 5.22. The van der Waals surface area contributed by atoms with E-state index in [9.17, 15) is 18.0 Å². The number of carbonyl (C=O) groups is 1. The van der Waals surface area contributed by atoms with Gasteiger partial charge in [-0.1, -0.05) is 12.1 Å². The van der Waals surface area contributed by atoms with Crippen molar-refractivity contribution in [2.24, 2.45) is 0 Å². The van der Waals surface area contributed by atoms with Crippen LogP contribution in [0.1, 0.15) is 18.4 Å². The summed E-state index contributed by atoms with van der Waals surface area (Å²) in [5.74, 6) is 0.815. The Hall–Kier alpha value is -4.23. The van der Waals surface area contributed by atoms with Gasteiger partial charge >= 0.3 is 12.2 Å². The first kappa shape index (κ1) is 26.0. The zero-order valence-electron chi connectivity index (χ0n) is 21.2. The van der Waals surface area contributed by atoms with E-state index in [1.165, 1.54) is 6.20 Å². The van der Waals surface area contributed by atoms with Gasteiger partial charge in [-0.2, -0.15) is 18.3 Å². The molecule has 2 unspecified atom stereocenters. The number of nitrogens with one attached hydrogen (secondary N) is 2. The number of nitrogens with zero attached hydrogens (tertiary/aromatic N) is 5. The third-order valence-corrected chi connectivity index (χ3v) is 7.09. The lowest BCUT2D eigenvalue weighted by molar-refractivity contribution is -0.141. The highest BCUT2D eigenvalue weighted by Gasteiger charge is 2.40. The first-order valence-electron chi connectivity index (χ1n) is 12.8. The SMILES string of the molecule is O=C(Nc1ccc(CO)cc1)Nc1ccc(-c2nc(N3C4CCC3COC4)c3cnn(CC(F)(F)F)c3n2)cc1.